The highest BCUT2D eigenvalue weighted by molar-refractivity contribution is 5.93. The summed E-state index contributed by atoms with van der Waals surface area (Å²) in [5, 5.41) is 5.04. The van der Waals surface area contributed by atoms with Gasteiger partial charge in [-0.15, -0.1) is 0 Å². The predicted molar refractivity (Wildman–Crippen MR) is 82.4 cm³/mol. The maximum Gasteiger partial charge on any atom is 0.282 e. The molecule has 1 aromatic rings. The minimum atomic E-state index is -0.294. The molecule has 1 fully saturated rings. The van der Waals surface area contributed by atoms with Gasteiger partial charge >= 0.3 is 0 Å². The molecule has 21 heavy (non-hydrogen) atoms. The summed E-state index contributed by atoms with van der Waals surface area (Å²) in [5.74, 6) is 1.05. The zero-order valence-electron chi connectivity index (χ0n) is 13.1. The van der Waals surface area contributed by atoms with Crippen LogP contribution in [0.15, 0.2) is 24.3 Å². The fraction of sp³-hybridized carbons (Fsp3) is 0.588. The van der Waals surface area contributed by atoms with E-state index in [0.29, 0.717) is 17.6 Å². The first-order chi connectivity index (χ1) is 9.97. The fourth-order valence-electron chi connectivity index (χ4n) is 3.14. The molecule has 4 atom stereocenters. The number of quaternary nitrogens is 1. The van der Waals surface area contributed by atoms with E-state index in [1.54, 1.807) is 12.1 Å². The van der Waals surface area contributed by atoms with Gasteiger partial charge in [0.1, 0.15) is 5.82 Å². The van der Waals surface area contributed by atoms with Crippen LogP contribution in [-0.4, -0.2) is 18.0 Å². The maximum absolute atomic E-state index is 12.9. The molecule has 0 unspecified atom stereocenters. The van der Waals surface area contributed by atoms with E-state index in [2.05, 4.69) is 24.5 Å². The lowest BCUT2D eigenvalue weighted by Crippen LogP contribution is -2.97. The summed E-state index contributed by atoms with van der Waals surface area (Å²) in [6, 6.07) is 6.27. The predicted octanol–water partition coefficient (Wildman–Crippen LogP) is 2.54. The Bertz CT molecular complexity index is 474. The number of hydrogen-bond donors (Lipinski definition) is 2. The Labute approximate surface area is 126 Å². The van der Waals surface area contributed by atoms with Crippen LogP contribution in [0.3, 0.4) is 0 Å². The summed E-state index contributed by atoms with van der Waals surface area (Å²) in [5.41, 5.74) is 0.645. The maximum atomic E-state index is 12.9. The van der Waals surface area contributed by atoms with Gasteiger partial charge in [0.15, 0.2) is 6.04 Å². The number of anilines is 1. The Morgan fingerprint density at radius 2 is 1.95 bits per heavy atom. The monoisotopic (exact) mass is 293 g/mol. The standard InChI is InChI=1S/C17H25FN2O/c1-11-5-4-6-16(12(11)2)19-13(3)17(21)20-15-9-7-14(18)8-10-15/h7-13,16,19H,4-6H2,1-3H3,(H,20,21)/p+1/t11-,12+,13-,16+/m0/s1. The van der Waals surface area contributed by atoms with E-state index < -0.39 is 0 Å². The number of nitrogens with one attached hydrogen (secondary N) is 1. The van der Waals surface area contributed by atoms with Gasteiger partial charge in [-0.25, -0.2) is 4.39 Å². The van der Waals surface area contributed by atoms with Gasteiger partial charge in [0.05, 0.1) is 6.04 Å². The van der Waals surface area contributed by atoms with Gasteiger partial charge in [0.25, 0.3) is 5.91 Å². The molecule has 1 aromatic carbocycles. The third kappa shape index (κ3) is 4.27. The number of amides is 1. The van der Waals surface area contributed by atoms with Gasteiger partial charge in [-0.05, 0) is 56.4 Å². The van der Waals surface area contributed by atoms with Crippen molar-refractivity contribution in [3.8, 4) is 0 Å². The molecule has 0 saturated heterocycles. The van der Waals surface area contributed by atoms with E-state index in [9.17, 15) is 9.18 Å². The highest BCUT2D eigenvalue weighted by atomic mass is 19.1. The number of halogens is 1. The average molecular weight is 293 g/mol. The van der Waals surface area contributed by atoms with Crippen molar-refractivity contribution in [2.24, 2.45) is 11.8 Å². The van der Waals surface area contributed by atoms with Crippen molar-refractivity contribution >= 4 is 11.6 Å². The van der Waals surface area contributed by atoms with Gasteiger partial charge < -0.3 is 10.6 Å². The first kappa shape index (κ1) is 16.0. The quantitative estimate of drug-likeness (QED) is 0.880. The summed E-state index contributed by atoms with van der Waals surface area (Å²) < 4.78 is 12.9. The molecule has 1 saturated carbocycles. The molecular weight excluding hydrogens is 267 g/mol. The second-order valence-corrected chi connectivity index (χ2v) is 6.41. The van der Waals surface area contributed by atoms with Gasteiger partial charge in [-0.1, -0.05) is 13.8 Å². The SMILES string of the molecule is C[C@@H]1[C@@H](C)CCC[C@H]1[NH2+][C@@H](C)C(=O)Nc1ccc(F)cc1. The van der Waals surface area contributed by atoms with Crippen LogP contribution >= 0.6 is 0 Å². The van der Waals surface area contributed by atoms with Crippen molar-refractivity contribution in [3.63, 3.8) is 0 Å². The van der Waals surface area contributed by atoms with Crippen molar-refractivity contribution in [2.75, 3.05) is 5.32 Å². The number of carbonyl (C=O) groups excluding carboxylic acids is 1. The van der Waals surface area contributed by atoms with Crippen LogP contribution in [-0.2, 0) is 4.79 Å². The Balaban J connectivity index is 1.88. The molecule has 116 valence electrons. The van der Waals surface area contributed by atoms with Crippen LogP contribution in [0.5, 0.6) is 0 Å². The van der Waals surface area contributed by atoms with Crippen LogP contribution in [0, 0.1) is 17.7 Å². The lowest BCUT2D eigenvalue weighted by Gasteiger charge is -2.33. The van der Waals surface area contributed by atoms with Crippen molar-refractivity contribution in [1.82, 2.24) is 0 Å². The van der Waals surface area contributed by atoms with E-state index in [1.807, 2.05) is 6.92 Å². The molecule has 1 aliphatic rings. The molecule has 0 aliphatic heterocycles. The topological polar surface area (TPSA) is 45.7 Å². The highest BCUT2D eigenvalue weighted by Gasteiger charge is 2.32. The van der Waals surface area contributed by atoms with Crippen molar-refractivity contribution in [1.29, 1.82) is 0 Å². The number of benzene rings is 1. The highest BCUT2D eigenvalue weighted by Crippen LogP contribution is 2.27. The first-order valence-electron chi connectivity index (χ1n) is 7.89. The Morgan fingerprint density at radius 1 is 1.29 bits per heavy atom. The minimum absolute atomic E-state index is 0.0213. The number of nitrogens with two attached hydrogens (primary N) is 1. The van der Waals surface area contributed by atoms with E-state index in [4.69, 9.17) is 0 Å². The van der Waals surface area contributed by atoms with Crippen LogP contribution in [0.4, 0.5) is 10.1 Å². The molecule has 0 spiro atoms. The van der Waals surface area contributed by atoms with Gasteiger partial charge in [0.2, 0.25) is 0 Å². The summed E-state index contributed by atoms with van der Waals surface area (Å²) >= 11 is 0. The zero-order chi connectivity index (χ0) is 15.4. The number of rotatable bonds is 4. The smallest absolute Gasteiger partial charge is 0.282 e. The molecule has 0 bridgehead atoms. The fourth-order valence-corrected chi connectivity index (χ4v) is 3.14. The molecule has 0 radical (unpaired) electrons. The van der Waals surface area contributed by atoms with Crippen LogP contribution in [0.2, 0.25) is 0 Å². The zero-order valence-corrected chi connectivity index (χ0v) is 13.1. The molecule has 0 heterocycles. The molecule has 0 aromatic heterocycles. The van der Waals surface area contributed by atoms with Crippen molar-refractivity contribution < 1.29 is 14.5 Å². The molecular formula is C17H26FN2O+. The largest absolute Gasteiger partial charge is 0.334 e. The van der Waals surface area contributed by atoms with Crippen LogP contribution < -0.4 is 10.6 Å². The first-order valence-corrected chi connectivity index (χ1v) is 7.89. The normalized spacial score (nSPS) is 27.1. The van der Waals surface area contributed by atoms with Gasteiger partial charge in [-0.3, -0.25) is 4.79 Å². The number of hydrogen-bond acceptors (Lipinski definition) is 1. The summed E-state index contributed by atoms with van der Waals surface area (Å²) in [6.45, 7) is 6.52. The van der Waals surface area contributed by atoms with Crippen LogP contribution in [0.25, 0.3) is 0 Å². The van der Waals surface area contributed by atoms with E-state index in [1.165, 1.54) is 31.4 Å². The van der Waals surface area contributed by atoms with Crippen LogP contribution in [0.1, 0.15) is 40.0 Å². The van der Waals surface area contributed by atoms with Crippen molar-refractivity contribution in [3.05, 3.63) is 30.1 Å². The average Bonchev–Trinajstić information content (AvgIpc) is 2.46. The second kappa shape index (κ2) is 7.03. The van der Waals surface area contributed by atoms with Gasteiger partial charge in [0, 0.05) is 11.6 Å². The lowest BCUT2D eigenvalue weighted by molar-refractivity contribution is -0.715. The molecule has 1 amide bonds. The lowest BCUT2D eigenvalue weighted by atomic mass is 9.78. The summed E-state index contributed by atoms with van der Waals surface area (Å²) in [7, 11) is 0. The molecule has 3 nitrogen and oxygen atoms in total. The van der Waals surface area contributed by atoms with Crippen molar-refractivity contribution in [2.45, 2.75) is 52.1 Å². The van der Waals surface area contributed by atoms with E-state index in [-0.39, 0.29) is 17.8 Å². The van der Waals surface area contributed by atoms with E-state index >= 15 is 0 Å². The third-order valence-electron chi connectivity index (χ3n) is 4.83. The molecule has 3 N–H and O–H groups in total. The second-order valence-electron chi connectivity index (χ2n) is 6.41. The van der Waals surface area contributed by atoms with Gasteiger partial charge in [-0.2, -0.15) is 0 Å². The third-order valence-corrected chi connectivity index (χ3v) is 4.83. The summed E-state index contributed by atoms with van der Waals surface area (Å²) in [4.78, 5) is 12.2. The Hall–Kier alpha value is -1.42. The number of carbonyl (C=O) groups is 1. The molecule has 2 rings (SSSR count). The molecule has 1 aliphatic carbocycles. The minimum Gasteiger partial charge on any atom is -0.334 e. The molecule has 4 heteroatoms. The summed E-state index contributed by atoms with van der Waals surface area (Å²) in [6.07, 6.45) is 3.72. The Kier molecular flexibility index (Phi) is 5.34. The van der Waals surface area contributed by atoms with E-state index in [0.717, 1.165) is 5.92 Å². The Morgan fingerprint density at radius 3 is 2.62 bits per heavy atom.